The van der Waals surface area contributed by atoms with Gasteiger partial charge >= 0.3 is 0 Å². The Hall–Kier alpha value is -0.780. The van der Waals surface area contributed by atoms with Crippen LogP contribution in [0.15, 0.2) is 10.9 Å². The van der Waals surface area contributed by atoms with Gasteiger partial charge < -0.3 is 5.32 Å². The van der Waals surface area contributed by atoms with Crippen molar-refractivity contribution in [2.24, 2.45) is 0 Å². The molecule has 1 aliphatic carbocycles. The van der Waals surface area contributed by atoms with Gasteiger partial charge in [0.2, 0.25) is 0 Å². The van der Waals surface area contributed by atoms with Crippen molar-refractivity contribution in [2.45, 2.75) is 45.1 Å². The predicted molar refractivity (Wildman–Crippen MR) is 81.0 cm³/mol. The summed E-state index contributed by atoms with van der Waals surface area (Å²) in [5, 5.41) is 6.92. The van der Waals surface area contributed by atoms with Crippen molar-refractivity contribution >= 4 is 22.7 Å². The summed E-state index contributed by atoms with van der Waals surface area (Å²) in [6.07, 6.45) is 6.11. The number of fused-ring (bicyclic) bond motifs is 1. The van der Waals surface area contributed by atoms with Gasteiger partial charge in [-0.25, -0.2) is 9.97 Å². The van der Waals surface area contributed by atoms with E-state index in [0.29, 0.717) is 0 Å². The Bertz CT molecular complexity index is 495. The van der Waals surface area contributed by atoms with Gasteiger partial charge in [-0.15, -0.1) is 22.7 Å². The van der Waals surface area contributed by atoms with Crippen LogP contribution in [0.2, 0.25) is 0 Å². The third-order valence-corrected chi connectivity index (χ3v) is 5.28. The molecule has 0 saturated heterocycles. The molecule has 0 saturated carbocycles. The molecule has 1 unspecified atom stereocenters. The summed E-state index contributed by atoms with van der Waals surface area (Å²) in [6.45, 7) is 3.20. The van der Waals surface area contributed by atoms with Crippen LogP contribution in [0.25, 0.3) is 0 Å². The van der Waals surface area contributed by atoms with Gasteiger partial charge in [0.25, 0.3) is 0 Å². The normalized spacial score (nSPS) is 16.3. The lowest BCUT2D eigenvalue weighted by Gasteiger charge is -2.13. The predicted octanol–water partition coefficient (Wildman–Crippen LogP) is 3.57. The summed E-state index contributed by atoms with van der Waals surface area (Å²) in [5.41, 5.74) is 4.36. The average molecular weight is 293 g/mol. The SMILES string of the molecule is CCCNC(c1cscn1)c1nc2c(s1)CCCC2. The van der Waals surface area contributed by atoms with Gasteiger partial charge in [0.05, 0.1) is 16.9 Å². The first kappa shape index (κ1) is 13.2. The van der Waals surface area contributed by atoms with E-state index in [1.54, 1.807) is 11.3 Å². The molecule has 3 rings (SSSR count). The number of thiazole rings is 2. The molecule has 0 aliphatic heterocycles. The maximum atomic E-state index is 4.88. The molecule has 0 aromatic carbocycles. The van der Waals surface area contributed by atoms with E-state index in [-0.39, 0.29) is 6.04 Å². The number of hydrogen-bond donors (Lipinski definition) is 1. The fourth-order valence-electron chi connectivity index (χ4n) is 2.47. The molecule has 2 aromatic heterocycles. The Kier molecular flexibility index (Phi) is 4.25. The molecule has 0 fully saturated rings. The molecule has 1 atom stereocenters. The highest BCUT2D eigenvalue weighted by Crippen LogP contribution is 2.32. The summed E-state index contributed by atoms with van der Waals surface area (Å²) in [7, 11) is 0. The molecule has 0 radical (unpaired) electrons. The Morgan fingerprint density at radius 1 is 1.37 bits per heavy atom. The number of aryl methyl sites for hydroxylation is 2. The Labute approximate surface area is 122 Å². The minimum absolute atomic E-state index is 0.182. The van der Waals surface area contributed by atoms with Crippen LogP contribution in [0.5, 0.6) is 0 Å². The van der Waals surface area contributed by atoms with Gasteiger partial charge in [0, 0.05) is 10.3 Å². The van der Waals surface area contributed by atoms with Crippen LogP contribution >= 0.6 is 22.7 Å². The van der Waals surface area contributed by atoms with Gasteiger partial charge in [0.1, 0.15) is 11.0 Å². The maximum absolute atomic E-state index is 4.88. The molecule has 0 amide bonds. The molecule has 102 valence electrons. The lowest BCUT2D eigenvalue weighted by molar-refractivity contribution is 0.583. The van der Waals surface area contributed by atoms with Gasteiger partial charge in [-0.2, -0.15) is 0 Å². The first-order valence-corrected chi connectivity index (χ1v) is 8.74. The molecule has 3 nitrogen and oxygen atoms in total. The lowest BCUT2D eigenvalue weighted by atomic mass is 10.0. The highest BCUT2D eigenvalue weighted by molar-refractivity contribution is 7.12. The van der Waals surface area contributed by atoms with E-state index in [2.05, 4.69) is 22.6 Å². The van der Waals surface area contributed by atoms with Crippen molar-refractivity contribution in [2.75, 3.05) is 6.54 Å². The van der Waals surface area contributed by atoms with Crippen molar-refractivity contribution in [3.8, 4) is 0 Å². The van der Waals surface area contributed by atoms with Crippen LogP contribution < -0.4 is 5.32 Å². The van der Waals surface area contributed by atoms with Crippen molar-refractivity contribution in [1.82, 2.24) is 15.3 Å². The van der Waals surface area contributed by atoms with Gasteiger partial charge in [0.15, 0.2) is 0 Å². The second kappa shape index (κ2) is 6.11. The topological polar surface area (TPSA) is 37.8 Å². The van der Waals surface area contributed by atoms with Crippen molar-refractivity contribution in [3.63, 3.8) is 0 Å². The highest BCUT2D eigenvalue weighted by Gasteiger charge is 2.22. The highest BCUT2D eigenvalue weighted by atomic mass is 32.1. The van der Waals surface area contributed by atoms with Crippen molar-refractivity contribution in [3.05, 3.63) is 32.2 Å². The van der Waals surface area contributed by atoms with Crippen LogP contribution in [-0.4, -0.2) is 16.5 Å². The zero-order valence-corrected chi connectivity index (χ0v) is 12.8. The second-order valence-electron chi connectivity index (χ2n) is 4.93. The maximum Gasteiger partial charge on any atom is 0.116 e. The molecule has 0 spiro atoms. The number of nitrogens with one attached hydrogen (secondary N) is 1. The smallest absolute Gasteiger partial charge is 0.116 e. The monoisotopic (exact) mass is 293 g/mol. The molecule has 19 heavy (non-hydrogen) atoms. The second-order valence-corrected chi connectivity index (χ2v) is 6.76. The number of nitrogens with zero attached hydrogens (tertiary/aromatic N) is 2. The molecule has 1 aliphatic rings. The van der Waals surface area contributed by atoms with Crippen LogP contribution in [0.1, 0.15) is 53.5 Å². The number of hydrogen-bond acceptors (Lipinski definition) is 5. The fourth-order valence-corrected chi connectivity index (χ4v) is 4.29. The third-order valence-electron chi connectivity index (χ3n) is 3.45. The number of rotatable bonds is 5. The van der Waals surface area contributed by atoms with E-state index in [0.717, 1.165) is 25.1 Å². The summed E-state index contributed by atoms with van der Waals surface area (Å²) < 4.78 is 0. The van der Waals surface area contributed by atoms with E-state index >= 15 is 0 Å². The molecule has 2 aromatic rings. The summed E-state index contributed by atoms with van der Waals surface area (Å²) in [4.78, 5) is 10.9. The van der Waals surface area contributed by atoms with Gasteiger partial charge in [-0.05, 0) is 38.6 Å². The Morgan fingerprint density at radius 3 is 3.00 bits per heavy atom. The first-order valence-electron chi connectivity index (χ1n) is 6.98. The molecule has 1 N–H and O–H groups in total. The van der Waals surface area contributed by atoms with Crippen LogP contribution in [-0.2, 0) is 12.8 Å². The van der Waals surface area contributed by atoms with E-state index in [1.165, 1.54) is 34.8 Å². The van der Waals surface area contributed by atoms with E-state index in [1.807, 2.05) is 16.8 Å². The van der Waals surface area contributed by atoms with Gasteiger partial charge in [-0.3, -0.25) is 0 Å². The zero-order chi connectivity index (χ0) is 13.1. The summed E-state index contributed by atoms with van der Waals surface area (Å²) in [5.74, 6) is 0. The zero-order valence-electron chi connectivity index (χ0n) is 11.2. The Morgan fingerprint density at radius 2 is 2.26 bits per heavy atom. The largest absolute Gasteiger partial charge is 0.303 e. The molecular weight excluding hydrogens is 274 g/mol. The third kappa shape index (κ3) is 2.88. The molecule has 0 bridgehead atoms. The quantitative estimate of drug-likeness (QED) is 0.916. The summed E-state index contributed by atoms with van der Waals surface area (Å²) in [6, 6.07) is 0.182. The number of aromatic nitrogens is 2. The summed E-state index contributed by atoms with van der Waals surface area (Å²) >= 11 is 3.54. The van der Waals surface area contributed by atoms with Crippen molar-refractivity contribution in [1.29, 1.82) is 0 Å². The van der Waals surface area contributed by atoms with E-state index in [4.69, 9.17) is 4.98 Å². The minimum Gasteiger partial charge on any atom is -0.303 e. The first-order chi connectivity index (χ1) is 9.38. The average Bonchev–Trinajstić information content (AvgIpc) is 3.08. The van der Waals surface area contributed by atoms with E-state index in [9.17, 15) is 0 Å². The van der Waals surface area contributed by atoms with Crippen LogP contribution in [0.4, 0.5) is 0 Å². The molecular formula is C14H19N3S2. The van der Waals surface area contributed by atoms with E-state index < -0.39 is 0 Å². The lowest BCUT2D eigenvalue weighted by Crippen LogP contribution is -2.23. The fraction of sp³-hybridized carbons (Fsp3) is 0.571. The van der Waals surface area contributed by atoms with Gasteiger partial charge in [-0.1, -0.05) is 6.92 Å². The van der Waals surface area contributed by atoms with Crippen LogP contribution in [0, 0.1) is 0 Å². The van der Waals surface area contributed by atoms with Crippen molar-refractivity contribution < 1.29 is 0 Å². The standard InChI is InChI=1S/C14H19N3S2/c1-2-7-15-13(11-8-18-9-16-11)14-17-10-5-3-4-6-12(10)19-14/h8-9,13,15H,2-7H2,1H3. The molecule has 5 heteroatoms. The Balaban J connectivity index is 1.88. The molecule has 2 heterocycles. The van der Waals surface area contributed by atoms with Crippen LogP contribution in [0.3, 0.4) is 0 Å². The minimum atomic E-state index is 0.182.